The topological polar surface area (TPSA) is 45.6 Å². The number of rotatable bonds is 3. The zero-order chi connectivity index (χ0) is 14.2. The minimum absolute atomic E-state index is 0.0600. The monoisotopic (exact) mass is 265 g/mol. The number of piperazine rings is 1. The van der Waals surface area contributed by atoms with Crippen molar-refractivity contribution in [2.75, 3.05) is 26.7 Å². The highest BCUT2D eigenvalue weighted by Crippen LogP contribution is 2.30. The Morgan fingerprint density at radius 3 is 2.47 bits per heavy atom. The Bertz CT molecular complexity index is 425. The Balaban J connectivity index is 2.21. The molecular weight excluding hydrogens is 238 g/mol. The summed E-state index contributed by atoms with van der Waals surface area (Å²) in [6.45, 7) is 11.7. The first-order valence-electron chi connectivity index (χ1n) is 7.08. The fourth-order valence-electron chi connectivity index (χ4n) is 2.90. The molecule has 4 heteroatoms. The lowest BCUT2D eigenvalue weighted by Crippen LogP contribution is -2.59. The molecular formula is C15H27N3O. The van der Waals surface area contributed by atoms with E-state index in [1.165, 1.54) is 0 Å². The summed E-state index contributed by atoms with van der Waals surface area (Å²) in [5, 5.41) is 0. The highest BCUT2D eigenvalue weighted by Gasteiger charge is 2.36. The molecule has 0 bridgehead atoms. The van der Waals surface area contributed by atoms with E-state index in [9.17, 15) is 0 Å². The zero-order valence-corrected chi connectivity index (χ0v) is 12.8. The third-order valence-corrected chi connectivity index (χ3v) is 4.29. The van der Waals surface area contributed by atoms with E-state index >= 15 is 0 Å². The highest BCUT2D eigenvalue weighted by atomic mass is 16.3. The lowest BCUT2D eigenvalue weighted by Gasteiger charge is -2.48. The van der Waals surface area contributed by atoms with Crippen LogP contribution in [0.1, 0.15) is 38.3 Å². The number of aryl methyl sites for hydroxylation is 1. The van der Waals surface area contributed by atoms with Crippen LogP contribution >= 0.6 is 0 Å². The van der Waals surface area contributed by atoms with Crippen molar-refractivity contribution in [1.82, 2.24) is 9.80 Å². The van der Waals surface area contributed by atoms with E-state index < -0.39 is 0 Å². The van der Waals surface area contributed by atoms with E-state index in [4.69, 9.17) is 10.2 Å². The molecule has 0 spiro atoms. The SMILES string of the molecule is Cc1ccc(C(C(C)N)N2CCN(C)C(C)(C)C2)o1. The third-order valence-electron chi connectivity index (χ3n) is 4.29. The van der Waals surface area contributed by atoms with Gasteiger partial charge >= 0.3 is 0 Å². The van der Waals surface area contributed by atoms with Crippen molar-refractivity contribution in [2.45, 2.75) is 45.3 Å². The molecule has 0 amide bonds. The van der Waals surface area contributed by atoms with Gasteiger partial charge in [0.25, 0.3) is 0 Å². The van der Waals surface area contributed by atoms with Gasteiger partial charge in [-0.25, -0.2) is 0 Å². The molecule has 1 fully saturated rings. The lowest BCUT2D eigenvalue weighted by atomic mass is 9.96. The molecule has 0 aromatic carbocycles. The normalized spacial score (nSPS) is 24.3. The smallest absolute Gasteiger partial charge is 0.122 e. The summed E-state index contributed by atoms with van der Waals surface area (Å²) >= 11 is 0. The van der Waals surface area contributed by atoms with Crippen molar-refractivity contribution >= 4 is 0 Å². The summed E-state index contributed by atoms with van der Waals surface area (Å²) < 4.78 is 5.82. The van der Waals surface area contributed by atoms with Gasteiger partial charge in [-0.05, 0) is 46.9 Å². The Labute approximate surface area is 116 Å². The van der Waals surface area contributed by atoms with Crippen LogP contribution in [0.4, 0.5) is 0 Å². The van der Waals surface area contributed by atoms with Crippen molar-refractivity contribution in [3.05, 3.63) is 23.7 Å². The minimum atomic E-state index is 0.0600. The number of nitrogens with zero attached hydrogens (tertiary/aromatic N) is 2. The van der Waals surface area contributed by atoms with E-state index in [0.29, 0.717) is 0 Å². The molecule has 1 aliphatic rings. The molecule has 0 aliphatic carbocycles. The van der Waals surface area contributed by atoms with E-state index in [2.05, 4.69) is 43.7 Å². The highest BCUT2D eigenvalue weighted by molar-refractivity contribution is 5.12. The third kappa shape index (κ3) is 3.02. The van der Waals surface area contributed by atoms with Crippen molar-refractivity contribution in [2.24, 2.45) is 5.73 Å². The van der Waals surface area contributed by atoms with Crippen LogP contribution in [0.25, 0.3) is 0 Å². The first-order chi connectivity index (χ1) is 8.81. The van der Waals surface area contributed by atoms with Crippen LogP contribution < -0.4 is 5.73 Å². The molecule has 19 heavy (non-hydrogen) atoms. The second-order valence-electron chi connectivity index (χ2n) is 6.46. The van der Waals surface area contributed by atoms with Crippen LogP contribution in [0, 0.1) is 6.92 Å². The van der Waals surface area contributed by atoms with Crippen LogP contribution in [-0.4, -0.2) is 48.1 Å². The number of furan rings is 1. The maximum absolute atomic E-state index is 6.22. The number of likely N-dealkylation sites (N-methyl/N-ethyl adjacent to an activating group) is 1. The largest absolute Gasteiger partial charge is 0.465 e. The fraction of sp³-hybridized carbons (Fsp3) is 0.733. The predicted octanol–water partition coefficient (Wildman–Crippen LogP) is 2.00. The van der Waals surface area contributed by atoms with Gasteiger partial charge in [0.1, 0.15) is 11.5 Å². The molecule has 1 aromatic heterocycles. The van der Waals surface area contributed by atoms with Crippen molar-refractivity contribution in [3.8, 4) is 0 Å². The van der Waals surface area contributed by atoms with Crippen molar-refractivity contribution in [3.63, 3.8) is 0 Å². The van der Waals surface area contributed by atoms with Crippen molar-refractivity contribution in [1.29, 1.82) is 0 Å². The molecule has 2 N–H and O–H groups in total. The van der Waals surface area contributed by atoms with Crippen LogP contribution in [0.5, 0.6) is 0 Å². The van der Waals surface area contributed by atoms with Gasteiger partial charge in [0, 0.05) is 31.2 Å². The molecule has 2 atom stereocenters. The quantitative estimate of drug-likeness (QED) is 0.908. The van der Waals surface area contributed by atoms with Crippen LogP contribution in [0.3, 0.4) is 0 Å². The summed E-state index contributed by atoms with van der Waals surface area (Å²) in [4.78, 5) is 4.87. The Morgan fingerprint density at radius 1 is 1.32 bits per heavy atom. The fourth-order valence-corrected chi connectivity index (χ4v) is 2.90. The molecule has 108 valence electrons. The van der Waals surface area contributed by atoms with Gasteiger partial charge in [-0.3, -0.25) is 9.80 Å². The van der Waals surface area contributed by atoms with Gasteiger partial charge in [0.15, 0.2) is 0 Å². The summed E-state index contributed by atoms with van der Waals surface area (Å²) in [5.74, 6) is 1.95. The molecule has 2 unspecified atom stereocenters. The Morgan fingerprint density at radius 2 is 2.00 bits per heavy atom. The van der Waals surface area contributed by atoms with E-state index in [1.807, 2.05) is 13.0 Å². The second-order valence-corrected chi connectivity index (χ2v) is 6.46. The van der Waals surface area contributed by atoms with Gasteiger partial charge < -0.3 is 10.2 Å². The summed E-state index contributed by atoms with van der Waals surface area (Å²) in [5.41, 5.74) is 6.39. The Hall–Kier alpha value is -0.840. The maximum Gasteiger partial charge on any atom is 0.122 e. The molecule has 1 aromatic rings. The van der Waals surface area contributed by atoms with Crippen LogP contribution in [-0.2, 0) is 0 Å². The molecule has 1 aliphatic heterocycles. The summed E-state index contributed by atoms with van der Waals surface area (Å²) in [7, 11) is 2.19. The molecule has 4 nitrogen and oxygen atoms in total. The summed E-state index contributed by atoms with van der Waals surface area (Å²) in [6, 6.07) is 4.31. The standard InChI is InChI=1S/C15H27N3O/c1-11-6-7-13(19-11)14(12(2)16)18-9-8-17(5)15(3,4)10-18/h6-7,12,14H,8-10,16H2,1-5H3. The van der Waals surface area contributed by atoms with Crippen LogP contribution in [0.15, 0.2) is 16.5 Å². The first-order valence-corrected chi connectivity index (χ1v) is 7.08. The van der Waals surface area contributed by atoms with Crippen molar-refractivity contribution < 1.29 is 4.42 Å². The van der Waals surface area contributed by atoms with Gasteiger partial charge in [-0.15, -0.1) is 0 Å². The van der Waals surface area contributed by atoms with Gasteiger partial charge in [0.2, 0.25) is 0 Å². The first kappa shape index (κ1) is 14.6. The van der Waals surface area contributed by atoms with Crippen LogP contribution in [0.2, 0.25) is 0 Å². The summed E-state index contributed by atoms with van der Waals surface area (Å²) in [6.07, 6.45) is 0. The van der Waals surface area contributed by atoms with Gasteiger partial charge in [-0.1, -0.05) is 0 Å². The minimum Gasteiger partial charge on any atom is -0.465 e. The molecule has 2 heterocycles. The lowest BCUT2D eigenvalue weighted by molar-refractivity contribution is 0.00586. The van der Waals surface area contributed by atoms with E-state index in [0.717, 1.165) is 31.2 Å². The van der Waals surface area contributed by atoms with Gasteiger partial charge in [-0.2, -0.15) is 0 Å². The molecule has 2 rings (SSSR count). The number of nitrogens with two attached hydrogens (primary N) is 1. The Kier molecular flexibility index (Phi) is 4.04. The predicted molar refractivity (Wildman–Crippen MR) is 78.1 cm³/mol. The maximum atomic E-state index is 6.22. The average molecular weight is 265 g/mol. The second kappa shape index (κ2) is 5.27. The zero-order valence-electron chi connectivity index (χ0n) is 12.8. The van der Waals surface area contributed by atoms with E-state index in [-0.39, 0.29) is 17.6 Å². The number of hydrogen-bond donors (Lipinski definition) is 1. The molecule has 1 saturated heterocycles. The molecule has 0 saturated carbocycles. The molecule has 0 radical (unpaired) electrons. The number of hydrogen-bond acceptors (Lipinski definition) is 4. The average Bonchev–Trinajstić information content (AvgIpc) is 2.69. The van der Waals surface area contributed by atoms with E-state index in [1.54, 1.807) is 0 Å². The van der Waals surface area contributed by atoms with Gasteiger partial charge in [0.05, 0.1) is 6.04 Å².